The topological polar surface area (TPSA) is 112 Å². The SMILES string of the molecule is CCN1C(=O)C(CCNc2cccc(CCN3C(C)(C)CCCC3(C)C)c2)SC1CC(C#N)C(=O)NCC#N. The smallest absolute Gasteiger partial charge is 0.238 e. The Morgan fingerprint density at radius 1 is 1.21 bits per heavy atom. The summed E-state index contributed by atoms with van der Waals surface area (Å²) in [5.41, 5.74) is 2.78. The molecule has 0 aliphatic carbocycles. The van der Waals surface area contributed by atoms with Crippen molar-refractivity contribution in [3.05, 3.63) is 29.8 Å². The number of anilines is 1. The van der Waals surface area contributed by atoms with Crippen LogP contribution in [-0.2, 0) is 16.0 Å². The minimum absolute atomic E-state index is 0.0592. The first-order valence-electron chi connectivity index (χ1n) is 14.1. The summed E-state index contributed by atoms with van der Waals surface area (Å²) in [5, 5.41) is 23.7. The number of thioether (sulfide) groups is 1. The van der Waals surface area contributed by atoms with Crippen molar-refractivity contribution in [3.8, 4) is 12.1 Å². The normalized spacial score (nSPS) is 23.1. The van der Waals surface area contributed by atoms with Crippen molar-refractivity contribution in [1.29, 1.82) is 10.5 Å². The van der Waals surface area contributed by atoms with Crippen molar-refractivity contribution in [2.75, 3.05) is 31.5 Å². The molecule has 1 aromatic carbocycles. The number of piperidine rings is 1. The summed E-state index contributed by atoms with van der Waals surface area (Å²) < 4.78 is 0. The number of hydrogen-bond donors (Lipinski definition) is 2. The van der Waals surface area contributed by atoms with E-state index in [9.17, 15) is 14.9 Å². The molecule has 0 saturated carbocycles. The number of carbonyl (C=O) groups is 2. The number of benzene rings is 1. The molecule has 0 spiro atoms. The lowest BCUT2D eigenvalue weighted by molar-refractivity contribution is -0.131. The first kappa shape index (κ1) is 30.8. The van der Waals surface area contributed by atoms with Crippen LogP contribution in [0.1, 0.15) is 72.3 Å². The maximum Gasteiger partial charge on any atom is 0.238 e. The summed E-state index contributed by atoms with van der Waals surface area (Å²) in [5.74, 6) is -1.29. The maximum atomic E-state index is 13.0. The third-order valence-corrected chi connectivity index (χ3v) is 9.67. The third kappa shape index (κ3) is 7.90. The molecular weight excluding hydrogens is 508 g/mol. The molecule has 1 aromatic rings. The molecule has 8 nitrogen and oxygen atoms in total. The fourth-order valence-electron chi connectivity index (χ4n) is 6.13. The first-order valence-corrected chi connectivity index (χ1v) is 15.1. The Hall–Kier alpha value is -2.75. The summed E-state index contributed by atoms with van der Waals surface area (Å²) in [7, 11) is 0. The standard InChI is InChI=1S/C30H44N6O2S/c1-6-35-26(20-23(21-32)27(37)34-17-15-31)39-25(28(35)38)11-16-33-24-10-7-9-22(19-24)12-18-36-29(2,3)13-8-14-30(36,4)5/h7,9-10,19,23,25-26,33H,6,8,11-14,16-18,20H2,1-5H3,(H,34,37). The van der Waals surface area contributed by atoms with E-state index in [1.807, 2.05) is 19.1 Å². The van der Waals surface area contributed by atoms with Crippen molar-refractivity contribution in [2.45, 2.75) is 94.8 Å². The number of carbonyl (C=O) groups excluding carboxylic acids is 2. The zero-order chi connectivity index (χ0) is 28.6. The minimum Gasteiger partial charge on any atom is -0.385 e. The monoisotopic (exact) mass is 552 g/mol. The van der Waals surface area contributed by atoms with Crippen LogP contribution in [0.15, 0.2) is 24.3 Å². The number of hydrogen-bond acceptors (Lipinski definition) is 7. The predicted molar refractivity (Wildman–Crippen MR) is 157 cm³/mol. The van der Waals surface area contributed by atoms with E-state index in [4.69, 9.17) is 5.26 Å². The highest BCUT2D eigenvalue weighted by molar-refractivity contribution is 8.01. The molecule has 212 valence electrons. The van der Waals surface area contributed by atoms with Gasteiger partial charge in [-0.1, -0.05) is 12.1 Å². The van der Waals surface area contributed by atoms with Crippen molar-refractivity contribution >= 4 is 29.3 Å². The second kappa shape index (κ2) is 13.5. The highest BCUT2D eigenvalue weighted by atomic mass is 32.2. The van der Waals surface area contributed by atoms with Gasteiger partial charge in [0.2, 0.25) is 11.8 Å². The molecular formula is C30H44N6O2S. The molecule has 2 fully saturated rings. The molecule has 3 unspecified atom stereocenters. The van der Waals surface area contributed by atoms with E-state index in [1.165, 1.54) is 36.6 Å². The fraction of sp³-hybridized carbons (Fsp3) is 0.667. The van der Waals surface area contributed by atoms with Crippen LogP contribution < -0.4 is 10.6 Å². The Labute approximate surface area is 238 Å². The van der Waals surface area contributed by atoms with Gasteiger partial charge in [-0.25, -0.2) is 0 Å². The van der Waals surface area contributed by atoms with Crippen LogP contribution in [0.3, 0.4) is 0 Å². The molecule has 0 aromatic heterocycles. The number of nitriles is 2. The molecule has 0 radical (unpaired) electrons. The Morgan fingerprint density at radius 3 is 2.56 bits per heavy atom. The van der Waals surface area contributed by atoms with Crippen molar-refractivity contribution < 1.29 is 9.59 Å². The van der Waals surface area contributed by atoms with Crippen molar-refractivity contribution in [2.24, 2.45) is 5.92 Å². The Balaban J connectivity index is 1.53. The van der Waals surface area contributed by atoms with Crippen LogP contribution in [0.5, 0.6) is 0 Å². The first-order chi connectivity index (χ1) is 18.5. The molecule has 2 saturated heterocycles. The summed E-state index contributed by atoms with van der Waals surface area (Å²) in [4.78, 5) is 29.7. The van der Waals surface area contributed by atoms with Gasteiger partial charge >= 0.3 is 0 Å². The van der Waals surface area contributed by atoms with E-state index in [0.29, 0.717) is 19.5 Å². The van der Waals surface area contributed by atoms with E-state index in [0.717, 1.165) is 18.7 Å². The van der Waals surface area contributed by atoms with Crippen molar-refractivity contribution in [1.82, 2.24) is 15.1 Å². The second-order valence-corrected chi connectivity index (χ2v) is 13.2. The average molecular weight is 553 g/mol. The lowest BCUT2D eigenvalue weighted by Gasteiger charge is -2.53. The Morgan fingerprint density at radius 2 is 1.92 bits per heavy atom. The summed E-state index contributed by atoms with van der Waals surface area (Å²) in [6, 6.07) is 12.5. The number of rotatable bonds is 12. The van der Waals surface area contributed by atoms with E-state index in [-0.39, 0.29) is 40.6 Å². The van der Waals surface area contributed by atoms with E-state index < -0.39 is 11.8 Å². The lowest BCUT2D eigenvalue weighted by atomic mass is 9.79. The zero-order valence-corrected chi connectivity index (χ0v) is 24.9. The van der Waals surface area contributed by atoms with Gasteiger partial charge in [-0.15, -0.1) is 11.8 Å². The molecule has 0 bridgehead atoms. The maximum absolute atomic E-state index is 13.0. The number of nitrogens with one attached hydrogen (secondary N) is 2. The number of nitrogens with zero attached hydrogens (tertiary/aromatic N) is 4. The summed E-state index contributed by atoms with van der Waals surface area (Å²) in [6.45, 7) is 13.5. The third-order valence-electron chi connectivity index (χ3n) is 8.14. The van der Waals surface area contributed by atoms with E-state index in [1.54, 1.807) is 4.90 Å². The minimum atomic E-state index is -0.890. The number of likely N-dealkylation sites (tertiary alicyclic amines) is 1. The lowest BCUT2D eigenvalue weighted by Crippen LogP contribution is -2.58. The van der Waals surface area contributed by atoms with Crippen LogP contribution in [0, 0.1) is 28.6 Å². The molecule has 39 heavy (non-hydrogen) atoms. The zero-order valence-electron chi connectivity index (χ0n) is 24.1. The van der Waals surface area contributed by atoms with Gasteiger partial charge in [-0.05, 0) is 84.4 Å². The molecule has 2 amide bonds. The van der Waals surface area contributed by atoms with Gasteiger partial charge in [0.15, 0.2) is 0 Å². The quantitative estimate of drug-likeness (QED) is 0.366. The molecule has 2 N–H and O–H groups in total. The van der Waals surface area contributed by atoms with Gasteiger partial charge in [0.05, 0.1) is 22.8 Å². The van der Waals surface area contributed by atoms with Gasteiger partial charge in [-0.2, -0.15) is 10.5 Å². The molecule has 9 heteroatoms. The van der Waals surface area contributed by atoms with Gasteiger partial charge in [-0.3, -0.25) is 14.5 Å². The van der Waals surface area contributed by atoms with E-state index in [2.05, 4.69) is 67.5 Å². The van der Waals surface area contributed by atoms with Crippen LogP contribution in [0.25, 0.3) is 0 Å². The summed E-state index contributed by atoms with van der Waals surface area (Å²) >= 11 is 1.53. The highest BCUT2D eigenvalue weighted by Gasteiger charge is 2.41. The van der Waals surface area contributed by atoms with Crippen molar-refractivity contribution in [3.63, 3.8) is 0 Å². The molecule has 2 aliphatic heterocycles. The highest BCUT2D eigenvalue weighted by Crippen LogP contribution is 2.39. The fourth-order valence-corrected chi connectivity index (χ4v) is 7.71. The Bertz CT molecular complexity index is 1080. The average Bonchev–Trinajstić information content (AvgIpc) is 3.18. The molecule has 2 heterocycles. The van der Waals surface area contributed by atoms with Gasteiger partial charge < -0.3 is 15.5 Å². The van der Waals surface area contributed by atoms with Crippen LogP contribution >= 0.6 is 11.8 Å². The van der Waals surface area contributed by atoms with E-state index >= 15 is 0 Å². The van der Waals surface area contributed by atoms with Crippen LogP contribution in [0.2, 0.25) is 0 Å². The van der Waals surface area contributed by atoms with Crippen LogP contribution in [-0.4, -0.2) is 69.5 Å². The van der Waals surface area contributed by atoms with Gasteiger partial charge in [0.1, 0.15) is 12.5 Å². The van der Waals surface area contributed by atoms with Gasteiger partial charge in [0, 0.05) is 42.8 Å². The Kier molecular flexibility index (Phi) is 10.7. The largest absolute Gasteiger partial charge is 0.385 e. The summed E-state index contributed by atoms with van der Waals surface area (Å²) in [6.07, 6.45) is 5.67. The van der Waals surface area contributed by atoms with Crippen LogP contribution in [0.4, 0.5) is 5.69 Å². The van der Waals surface area contributed by atoms with Gasteiger partial charge in [0.25, 0.3) is 0 Å². The second-order valence-electron chi connectivity index (χ2n) is 11.8. The molecule has 2 aliphatic rings. The predicted octanol–water partition coefficient (Wildman–Crippen LogP) is 4.53. The molecule has 3 rings (SSSR count). The molecule has 3 atom stereocenters. The number of amides is 2.